The van der Waals surface area contributed by atoms with Crippen LogP contribution in [0.4, 0.5) is 8.78 Å². The lowest BCUT2D eigenvalue weighted by molar-refractivity contribution is -0.159. The average Bonchev–Trinajstić information content (AvgIpc) is 2.91. The number of esters is 1. The van der Waals surface area contributed by atoms with Crippen molar-refractivity contribution >= 4 is 5.97 Å². The molecule has 1 aliphatic heterocycles. The van der Waals surface area contributed by atoms with E-state index in [0.717, 1.165) is 18.9 Å². The van der Waals surface area contributed by atoms with E-state index in [2.05, 4.69) is 10.1 Å². The van der Waals surface area contributed by atoms with E-state index in [1.807, 2.05) is 0 Å². The van der Waals surface area contributed by atoms with Crippen molar-refractivity contribution < 1.29 is 18.3 Å². The smallest absolute Gasteiger partial charge is 0.377 e. The van der Waals surface area contributed by atoms with Gasteiger partial charge in [0.25, 0.3) is 0 Å². The summed E-state index contributed by atoms with van der Waals surface area (Å²) in [6.07, 6.45) is 2.53. The molecule has 1 atom stereocenters. The van der Waals surface area contributed by atoms with Crippen LogP contribution in [-0.2, 0) is 9.53 Å². The van der Waals surface area contributed by atoms with Crippen LogP contribution >= 0.6 is 0 Å². The lowest BCUT2D eigenvalue weighted by Gasteiger charge is -2.09. The summed E-state index contributed by atoms with van der Waals surface area (Å²) in [4.78, 5) is 10.7. The van der Waals surface area contributed by atoms with Crippen LogP contribution in [0.2, 0.25) is 0 Å². The van der Waals surface area contributed by atoms with Gasteiger partial charge in [0.2, 0.25) is 0 Å². The molecule has 5 heteroatoms. The number of hydrogen-bond donors (Lipinski definition) is 1. The highest BCUT2D eigenvalue weighted by Crippen LogP contribution is 2.32. The van der Waals surface area contributed by atoms with E-state index in [9.17, 15) is 13.6 Å². The number of ether oxygens (including phenoxy) is 1. The zero-order chi connectivity index (χ0) is 10.9. The fourth-order valence-corrected chi connectivity index (χ4v) is 1.74. The fourth-order valence-electron chi connectivity index (χ4n) is 1.74. The molecule has 15 heavy (non-hydrogen) atoms. The first-order chi connectivity index (χ1) is 7.08. The Bertz CT molecular complexity index is 254. The Labute approximate surface area is 87.2 Å². The van der Waals surface area contributed by atoms with E-state index in [4.69, 9.17) is 0 Å². The van der Waals surface area contributed by atoms with Gasteiger partial charge in [-0.05, 0) is 18.9 Å². The van der Waals surface area contributed by atoms with Gasteiger partial charge in [0.1, 0.15) is 6.10 Å². The molecule has 1 N–H and O–H groups in total. The van der Waals surface area contributed by atoms with Crippen molar-refractivity contribution in [2.75, 3.05) is 13.1 Å². The molecule has 1 aliphatic carbocycles. The number of carbonyl (C=O) groups is 1. The molecular weight excluding hydrogens is 204 g/mol. The van der Waals surface area contributed by atoms with Crippen LogP contribution in [0.5, 0.6) is 0 Å². The van der Waals surface area contributed by atoms with Gasteiger partial charge >= 0.3 is 11.9 Å². The van der Waals surface area contributed by atoms with Gasteiger partial charge in [-0.25, -0.2) is 4.79 Å². The molecule has 1 saturated carbocycles. The maximum atomic E-state index is 12.7. The third-order valence-electron chi connectivity index (χ3n) is 2.85. The van der Waals surface area contributed by atoms with Crippen molar-refractivity contribution in [1.82, 2.24) is 5.32 Å². The topological polar surface area (TPSA) is 38.3 Å². The maximum Gasteiger partial charge on any atom is 0.377 e. The maximum absolute atomic E-state index is 12.7. The van der Waals surface area contributed by atoms with Crippen LogP contribution in [0.1, 0.15) is 25.7 Å². The predicted molar refractivity (Wildman–Crippen MR) is 49.7 cm³/mol. The summed E-state index contributed by atoms with van der Waals surface area (Å²) in [5.41, 5.74) is 0. The highest BCUT2D eigenvalue weighted by atomic mass is 19.3. The highest BCUT2D eigenvalue weighted by Gasteiger charge is 2.50. The molecule has 86 valence electrons. The molecule has 1 saturated heterocycles. The summed E-state index contributed by atoms with van der Waals surface area (Å²) in [6.45, 7) is 1.17. The Balaban J connectivity index is 1.61. The third-order valence-corrected chi connectivity index (χ3v) is 2.85. The number of alkyl halides is 2. The number of cyclic esters (lactones) is 1. The van der Waals surface area contributed by atoms with Crippen LogP contribution in [0.3, 0.4) is 0 Å². The number of rotatable bonds is 5. The SMILES string of the molecule is O=C1OC(CNCCC2CC2)CC1(F)F. The Kier molecular flexibility index (Phi) is 2.91. The zero-order valence-corrected chi connectivity index (χ0v) is 8.47. The standard InChI is InChI=1S/C10H15F2NO2/c11-10(12)5-8(15-9(10)14)6-13-4-3-7-1-2-7/h7-8,13H,1-6H2. The van der Waals surface area contributed by atoms with E-state index < -0.39 is 24.4 Å². The second kappa shape index (κ2) is 4.04. The molecule has 0 aromatic carbocycles. The number of nitrogens with one attached hydrogen (secondary N) is 1. The van der Waals surface area contributed by atoms with Crippen molar-refractivity contribution in [3.63, 3.8) is 0 Å². The molecule has 2 aliphatic rings. The van der Waals surface area contributed by atoms with Crippen molar-refractivity contribution in [2.45, 2.75) is 37.7 Å². The largest absolute Gasteiger partial charge is 0.456 e. The molecule has 0 bridgehead atoms. The molecule has 0 spiro atoms. The van der Waals surface area contributed by atoms with Gasteiger partial charge in [0, 0.05) is 6.54 Å². The molecule has 0 aromatic heterocycles. The first-order valence-corrected chi connectivity index (χ1v) is 5.37. The van der Waals surface area contributed by atoms with Gasteiger partial charge in [-0.15, -0.1) is 0 Å². The van der Waals surface area contributed by atoms with E-state index in [1.165, 1.54) is 12.8 Å². The fraction of sp³-hybridized carbons (Fsp3) is 0.900. The van der Waals surface area contributed by atoms with Gasteiger partial charge < -0.3 is 10.1 Å². The number of carbonyl (C=O) groups excluding carboxylic acids is 1. The Morgan fingerprint density at radius 1 is 1.47 bits per heavy atom. The predicted octanol–water partition coefficient (Wildman–Crippen LogP) is 1.33. The molecule has 1 unspecified atom stereocenters. The first kappa shape index (κ1) is 10.8. The number of hydrogen-bond acceptors (Lipinski definition) is 3. The zero-order valence-electron chi connectivity index (χ0n) is 8.47. The molecule has 0 amide bonds. The average molecular weight is 219 g/mol. The third kappa shape index (κ3) is 2.87. The molecule has 2 fully saturated rings. The van der Waals surface area contributed by atoms with E-state index >= 15 is 0 Å². The molecule has 0 aromatic rings. The molecular formula is C10H15F2NO2. The van der Waals surface area contributed by atoms with Crippen LogP contribution in [0, 0.1) is 5.92 Å². The molecule has 3 nitrogen and oxygen atoms in total. The van der Waals surface area contributed by atoms with E-state index in [0.29, 0.717) is 6.54 Å². The summed E-state index contributed by atoms with van der Waals surface area (Å²) in [5.74, 6) is -3.83. The summed E-state index contributed by atoms with van der Waals surface area (Å²) in [7, 11) is 0. The summed E-state index contributed by atoms with van der Waals surface area (Å²) in [6, 6.07) is 0. The quantitative estimate of drug-likeness (QED) is 0.560. The van der Waals surface area contributed by atoms with Crippen molar-refractivity contribution in [3.8, 4) is 0 Å². The van der Waals surface area contributed by atoms with Crippen LogP contribution in [0.15, 0.2) is 0 Å². The van der Waals surface area contributed by atoms with Gasteiger partial charge in [0.05, 0.1) is 6.42 Å². The van der Waals surface area contributed by atoms with Crippen molar-refractivity contribution in [1.29, 1.82) is 0 Å². The van der Waals surface area contributed by atoms with Crippen molar-refractivity contribution in [3.05, 3.63) is 0 Å². The molecule has 2 rings (SSSR count). The summed E-state index contributed by atoms with van der Waals surface area (Å²) in [5, 5.41) is 3.05. The normalized spacial score (nSPS) is 29.2. The van der Waals surface area contributed by atoms with Gasteiger partial charge in [-0.1, -0.05) is 12.8 Å². The minimum Gasteiger partial charge on any atom is -0.456 e. The second-order valence-electron chi connectivity index (χ2n) is 4.37. The second-order valence-corrected chi connectivity index (χ2v) is 4.37. The number of halogens is 2. The summed E-state index contributed by atoms with van der Waals surface area (Å²) >= 11 is 0. The Hall–Kier alpha value is -0.710. The van der Waals surface area contributed by atoms with E-state index in [1.54, 1.807) is 0 Å². The van der Waals surface area contributed by atoms with Gasteiger partial charge in [-0.3, -0.25) is 0 Å². The highest BCUT2D eigenvalue weighted by molar-refractivity contribution is 5.79. The van der Waals surface area contributed by atoms with Crippen molar-refractivity contribution in [2.24, 2.45) is 5.92 Å². The molecule has 1 heterocycles. The van der Waals surface area contributed by atoms with Gasteiger partial charge in [0.15, 0.2) is 0 Å². The van der Waals surface area contributed by atoms with Crippen LogP contribution in [-0.4, -0.2) is 31.1 Å². The van der Waals surface area contributed by atoms with Crippen LogP contribution < -0.4 is 5.32 Å². The lowest BCUT2D eigenvalue weighted by Crippen LogP contribution is -2.28. The van der Waals surface area contributed by atoms with E-state index in [-0.39, 0.29) is 0 Å². The van der Waals surface area contributed by atoms with Gasteiger partial charge in [-0.2, -0.15) is 8.78 Å². The minimum absolute atomic E-state index is 0.341. The summed E-state index contributed by atoms with van der Waals surface area (Å²) < 4.78 is 30.0. The van der Waals surface area contributed by atoms with Crippen LogP contribution in [0.25, 0.3) is 0 Å². The molecule has 0 radical (unpaired) electrons. The minimum atomic E-state index is -3.27. The monoisotopic (exact) mass is 219 g/mol. The Morgan fingerprint density at radius 2 is 2.20 bits per heavy atom. The lowest BCUT2D eigenvalue weighted by atomic mass is 10.2. The first-order valence-electron chi connectivity index (χ1n) is 5.37. The Morgan fingerprint density at radius 3 is 2.73 bits per heavy atom.